The van der Waals surface area contributed by atoms with Gasteiger partial charge in [-0.1, -0.05) is 0 Å². The van der Waals surface area contributed by atoms with Gasteiger partial charge in [0.1, 0.15) is 0 Å². The van der Waals surface area contributed by atoms with Gasteiger partial charge in [-0.2, -0.15) is 0 Å². The summed E-state index contributed by atoms with van der Waals surface area (Å²) in [4.78, 5) is 31.3. The highest BCUT2D eigenvalue weighted by atomic mass is 16.2. The molecule has 0 radical (unpaired) electrons. The van der Waals surface area contributed by atoms with Gasteiger partial charge in [-0.3, -0.25) is 9.59 Å². The van der Waals surface area contributed by atoms with Crippen LogP contribution in [0.3, 0.4) is 0 Å². The molecule has 1 fully saturated rings. The number of carbonyl (C=O) groups is 2. The van der Waals surface area contributed by atoms with Crippen LogP contribution in [0, 0.1) is 0 Å². The van der Waals surface area contributed by atoms with E-state index in [0.29, 0.717) is 30.9 Å². The maximum atomic E-state index is 11.1. The number of aromatic nitrogens is 2. The van der Waals surface area contributed by atoms with Crippen LogP contribution in [0.15, 0.2) is 12.4 Å². The Morgan fingerprint density at radius 1 is 1.40 bits per heavy atom. The van der Waals surface area contributed by atoms with Crippen LogP contribution in [0.1, 0.15) is 10.4 Å². The van der Waals surface area contributed by atoms with Crippen molar-refractivity contribution in [2.75, 3.05) is 24.5 Å². The molecule has 1 N–H and O–H groups in total. The molecule has 1 aromatic rings. The number of hydrogen-bond acceptors (Lipinski definition) is 5. The molecule has 1 amide bonds. The van der Waals surface area contributed by atoms with Crippen LogP contribution in [0.25, 0.3) is 0 Å². The lowest BCUT2D eigenvalue weighted by Crippen LogP contribution is -2.48. The van der Waals surface area contributed by atoms with Gasteiger partial charge >= 0.3 is 0 Å². The Morgan fingerprint density at radius 3 is 2.73 bits per heavy atom. The van der Waals surface area contributed by atoms with Crippen LogP contribution < -0.4 is 10.2 Å². The van der Waals surface area contributed by atoms with Crippen LogP contribution in [0.5, 0.6) is 0 Å². The molecule has 1 aromatic heterocycles. The fourth-order valence-corrected chi connectivity index (χ4v) is 1.36. The molecule has 0 saturated carbocycles. The van der Waals surface area contributed by atoms with Gasteiger partial charge in [-0.15, -0.1) is 0 Å². The monoisotopic (exact) mass is 206 g/mol. The minimum absolute atomic E-state index is 0.0377. The largest absolute Gasteiger partial charge is 0.353 e. The number of piperazine rings is 1. The molecular formula is C9H10N4O2. The minimum atomic E-state index is -0.0377. The third kappa shape index (κ3) is 2.09. The van der Waals surface area contributed by atoms with E-state index < -0.39 is 0 Å². The lowest BCUT2D eigenvalue weighted by molar-refractivity contribution is -0.120. The zero-order valence-corrected chi connectivity index (χ0v) is 8.01. The SMILES string of the molecule is O=Cc1cnc(N2CCNC(=O)C2)nc1. The molecule has 1 aliphatic rings. The molecular weight excluding hydrogens is 196 g/mol. The molecule has 0 unspecified atom stereocenters. The van der Waals surface area contributed by atoms with Crippen molar-refractivity contribution in [3.05, 3.63) is 18.0 Å². The second-order valence-electron chi connectivity index (χ2n) is 3.21. The summed E-state index contributed by atoms with van der Waals surface area (Å²) in [5.74, 6) is 0.444. The van der Waals surface area contributed by atoms with Gasteiger partial charge in [0, 0.05) is 25.5 Å². The summed E-state index contributed by atoms with van der Waals surface area (Å²) in [6.07, 6.45) is 3.58. The number of anilines is 1. The second kappa shape index (κ2) is 4.04. The molecule has 78 valence electrons. The predicted octanol–water partition coefficient (Wildman–Crippen LogP) is -0.775. The van der Waals surface area contributed by atoms with Crippen molar-refractivity contribution in [2.24, 2.45) is 0 Å². The Kier molecular flexibility index (Phi) is 2.57. The Morgan fingerprint density at radius 2 is 2.13 bits per heavy atom. The fourth-order valence-electron chi connectivity index (χ4n) is 1.36. The Labute approximate surface area is 86.3 Å². The molecule has 0 bridgehead atoms. The molecule has 0 atom stereocenters. The summed E-state index contributed by atoms with van der Waals surface area (Å²) in [6, 6.07) is 0. The first-order valence-corrected chi connectivity index (χ1v) is 4.58. The van der Waals surface area contributed by atoms with E-state index in [1.54, 1.807) is 4.90 Å². The van der Waals surface area contributed by atoms with Crippen LogP contribution in [-0.4, -0.2) is 41.8 Å². The van der Waals surface area contributed by atoms with Crippen molar-refractivity contribution in [3.8, 4) is 0 Å². The molecule has 1 aliphatic heterocycles. The molecule has 6 nitrogen and oxygen atoms in total. The number of nitrogens with one attached hydrogen (secondary N) is 1. The molecule has 0 spiro atoms. The number of rotatable bonds is 2. The topological polar surface area (TPSA) is 75.2 Å². The first-order valence-electron chi connectivity index (χ1n) is 4.58. The number of carbonyl (C=O) groups excluding carboxylic acids is 2. The Bertz CT molecular complexity index is 376. The summed E-state index contributed by atoms with van der Waals surface area (Å²) < 4.78 is 0. The number of aldehydes is 1. The van der Waals surface area contributed by atoms with Gasteiger partial charge in [0.15, 0.2) is 6.29 Å². The first kappa shape index (κ1) is 9.57. The van der Waals surface area contributed by atoms with Crippen molar-refractivity contribution >= 4 is 18.1 Å². The van der Waals surface area contributed by atoms with Crippen LogP contribution in [-0.2, 0) is 4.79 Å². The summed E-state index contributed by atoms with van der Waals surface area (Å²) in [6.45, 7) is 1.55. The van der Waals surface area contributed by atoms with E-state index in [0.717, 1.165) is 0 Å². The van der Waals surface area contributed by atoms with E-state index in [9.17, 15) is 9.59 Å². The third-order valence-corrected chi connectivity index (χ3v) is 2.12. The second-order valence-corrected chi connectivity index (χ2v) is 3.21. The summed E-state index contributed by atoms with van der Waals surface area (Å²) in [5.41, 5.74) is 0.431. The van der Waals surface area contributed by atoms with Gasteiger partial charge < -0.3 is 10.2 Å². The van der Waals surface area contributed by atoms with E-state index in [1.165, 1.54) is 12.4 Å². The smallest absolute Gasteiger partial charge is 0.239 e. The van der Waals surface area contributed by atoms with Gasteiger partial charge in [0.2, 0.25) is 11.9 Å². The molecule has 6 heteroatoms. The lowest BCUT2D eigenvalue weighted by Gasteiger charge is -2.26. The molecule has 2 heterocycles. The molecule has 0 aliphatic carbocycles. The van der Waals surface area contributed by atoms with Crippen LogP contribution in [0.2, 0.25) is 0 Å². The molecule has 15 heavy (non-hydrogen) atoms. The predicted molar refractivity (Wildman–Crippen MR) is 52.6 cm³/mol. The van der Waals surface area contributed by atoms with Crippen molar-refractivity contribution in [1.82, 2.24) is 15.3 Å². The van der Waals surface area contributed by atoms with Crippen LogP contribution in [0.4, 0.5) is 5.95 Å². The minimum Gasteiger partial charge on any atom is -0.353 e. The highest BCUT2D eigenvalue weighted by molar-refractivity contribution is 5.82. The van der Waals surface area contributed by atoms with Crippen molar-refractivity contribution in [1.29, 1.82) is 0 Å². The summed E-state index contributed by atoms with van der Waals surface area (Å²) in [7, 11) is 0. The maximum absolute atomic E-state index is 11.1. The molecule has 0 aromatic carbocycles. The van der Waals surface area contributed by atoms with Crippen molar-refractivity contribution in [3.63, 3.8) is 0 Å². The average Bonchev–Trinajstić information content (AvgIpc) is 2.29. The summed E-state index contributed by atoms with van der Waals surface area (Å²) in [5, 5.41) is 2.71. The van der Waals surface area contributed by atoms with Crippen molar-refractivity contribution < 1.29 is 9.59 Å². The van der Waals surface area contributed by atoms with E-state index in [1.807, 2.05) is 0 Å². The Hall–Kier alpha value is -1.98. The molecule has 1 saturated heterocycles. The van der Waals surface area contributed by atoms with Gasteiger partial charge in [0.25, 0.3) is 0 Å². The van der Waals surface area contributed by atoms with Crippen molar-refractivity contribution in [2.45, 2.75) is 0 Å². The number of hydrogen-bond donors (Lipinski definition) is 1. The normalized spacial score (nSPS) is 16.0. The maximum Gasteiger partial charge on any atom is 0.239 e. The number of nitrogens with zero attached hydrogens (tertiary/aromatic N) is 3. The average molecular weight is 206 g/mol. The highest BCUT2D eigenvalue weighted by Gasteiger charge is 2.17. The fraction of sp³-hybridized carbons (Fsp3) is 0.333. The Balaban J connectivity index is 2.14. The first-order chi connectivity index (χ1) is 7.29. The van der Waals surface area contributed by atoms with Gasteiger partial charge in [0.05, 0.1) is 12.1 Å². The van der Waals surface area contributed by atoms with E-state index in [2.05, 4.69) is 15.3 Å². The van der Waals surface area contributed by atoms with E-state index in [-0.39, 0.29) is 12.5 Å². The molecule has 2 rings (SSSR count). The third-order valence-electron chi connectivity index (χ3n) is 2.12. The van der Waals surface area contributed by atoms with E-state index >= 15 is 0 Å². The van der Waals surface area contributed by atoms with Gasteiger partial charge in [-0.05, 0) is 0 Å². The number of amides is 1. The van der Waals surface area contributed by atoms with Gasteiger partial charge in [-0.25, -0.2) is 9.97 Å². The highest BCUT2D eigenvalue weighted by Crippen LogP contribution is 2.07. The quantitative estimate of drug-likeness (QED) is 0.643. The lowest BCUT2D eigenvalue weighted by atomic mass is 10.3. The zero-order chi connectivity index (χ0) is 10.7. The summed E-state index contributed by atoms with van der Waals surface area (Å²) >= 11 is 0. The zero-order valence-electron chi connectivity index (χ0n) is 8.01. The van der Waals surface area contributed by atoms with E-state index in [4.69, 9.17) is 0 Å². The van der Waals surface area contributed by atoms with Crippen LogP contribution >= 0.6 is 0 Å². The standard InChI is InChI=1S/C9H10N4O2/c14-6-7-3-11-9(12-4-7)13-2-1-10-8(15)5-13/h3-4,6H,1-2,5H2,(H,10,15).